The molecule has 0 bridgehead atoms. The maximum atomic E-state index is 12.8. The fourth-order valence-corrected chi connectivity index (χ4v) is 4.54. The lowest BCUT2D eigenvalue weighted by Crippen LogP contribution is -2.66. The van der Waals surface area contributed by atoms with Crippen molar-refractivity contribution < 1.29 is 9.90 Å². The Morgan fingerprint density at radius 1 is 1.11 bits per heavy atom. The monoisotopic (exact) mass is 361 g/mol. The molecule has 0 spiro atoms. The number of carbonyl (C=O) groups is 1. The average molecular weight is 361 g/mol. The highest BCUT2D eigenvalue weighted by Gasteiger charge is 2.52. The van der Waals surface area contributed by atoms with Crippen LogP contribution in [0.4, 0.5) is 0 Å². The van der Waals surface area contributed by atoms with E-state index in [4.69, 9.17) is 0 Å². The van der Waals surface area contributed by atoms with Gasteiger partial charge in [-0.05, 0) is 41.7 Å². The average Bonchev–Trinajstić information content (AvgIpc) is 3.24. The smallest absolute Gasteiger partial charge is 0.227 e. The first-order valence-electron chi connectivity index (χ1n) is 9.57. The number of nitrogens with zero attached hydrogens (tertiary/aromatic N) is 3. The number of hydrogen-bond acceptors (Lipinski definition) is 4. The van der Waals surface area contributed by atoms with Crippen LogP contribution in [0.1, 0.15) is 37.2 Å². The van der Waals surface area contributed by atoms with Crippen LogP contribution in [-0.4, -0.2) is 39.6 Å². The molecule has 1 aromatic carbocycles. The molecule has 1 aliphatic carbocycles. The molecule has 2 heterocycles. The fourth-order valence-electron chi connectivity index (χ4n) is 4.54. The first-order chi connectivity index (χ1) is 13.2. The van der Waals surface area contributed by atoms with Crippen LogP contribution in [0.15, 0.2) is 48.8 Å². The normalized spacial score (nSPS) is 25.0. The van der Waals surface area contributed by atoms with E-state index in [-0.39, 0.29) is 30.4 Å². The molecule has 2 aromatic rings. The summed E-state index contributed by atoms with van der Waals surface area (Å²) in [6.45, 7) is -0.118. The first kappa shape index (κ1) is 17.7. The van der Waals surface area contributed by atoms with Crippen molar-refractivity contribution in [3.63, 3.8) is 0 Å². The molecule has 2 aliphatic rings. The van der Waals surface area contributed by atoms with E-state index in [1.807, 2.05) is 36.4 Å². The minimum atomic E-state index is -0.498. The van der Waals surface area contributed by atoms with Crippen LogP contribution in [0.2, 0.25) is 0 Å². The number of amides is 1. The molecule has 1 aliphatic heterocycles. The third kappa shape index (κ3) is 3.11. The van der Waals surface area contributed by atoms with Gasteiger partial charge in [-0.3, -0.25) is 9.78 Å². The van der Waals surface area contributed by atoms with Crippen LogP contribution in [-0.2, 0) is 4.79 Å². The molecule has 138 valence electrons. The Morgan fingerprint density at radius 3 is 2.33 bits per heavy atom. The zero-order valence-corrected chi connectivity index (χ0v) is 15.2. The maximum absolute atomic E-state index is 12.8. The standard InChI is InChI=1S/C22H23N3O2/c23-13-19-21(20(14-26)25(19)22(27)18-3-1-2-4-18)17-7-5-15(6-8-17)16-9-11-24-12-10-16/h5-12,18-21,26H,1-4,14H2/t19-,20-,21-/m1/s1. The zero-order valence-electron chi connectivity index (χ0n) is 15.2. The first-order valence-corrected chi connectivity index (χ1v) is 9.57. The van der Waals surface area contributed by atoms with Crippen molar-refractivity contribution in [3.05, 3.63) is 54.4 Å². The number of carbonyl (C=O) groups excluding carboxylic acids is 1. The van der Waals surface area contributed by atoms with Gasteiger partial charge < -0.3 is 10.0 Å². The maximum Gasteiger partial charge on any atom is 0.227 e. The van der Waals surface area contributed by atoms with Crippen molar-refractivity contribution >= 4 is 5.91 Å². The molecule has 1 aromatic heterocycles. The highest BCUT2D eigenvalue weighted by atomic mass is 16.3. The molecule has 0 unspecified atom stereocenters. The van der Waals surface area contributed by atoms with Crippen molar-refractivity contribution in [2.24, 2.45) is 5.92 Å². The zero-order chi connectivity index (χ0) is 18.8. The number of aliphatic hydroxyl groups is 1. The number of pyridine rings is 1. The molecule has 5 heteroatoms. The van der Waals surface area contributed by atoms with Crippen LogP contribution in [0, 0.1) is 17.2 Å². The second-order valence-corrected chi connectivity index (χ2v) is 7.43. The second-order valence-electron chi connectivity index (χ2n) is 7.43. The van der Waals surface area contributed by atoms with Crippen LogP contribution in [0.25, 0.3) is 11.1 Å². The SMILES string of the molecule is N#C[C@@H]1[C@@H](c2ccc(-c3ccncc3)cc2)[C@@H](CO)N1C(=O)C1CCCC1. The van der Waals surface area contributed by atoms with E-state index < -0.39 is 6.04 Å². The number of hydrogen-bond donors (Lipinski definition) is 1. The molecule has 1 amide bonds. The van der Waals surface area contributed by atoms with Crippen molar-refractivity contribution in [2.75, 3.05) is 6.61 Å². The van der Waals surface area contributed by atoms with Gasteiger partial charge in [0.25, 0.3) is 0 Å². The van der Waals surface area contributed by atoms with Crippen LogP contribution < -0.4 is 0 Å². The van der Waals surface area contributed by atoms with Crippen LogP contribution in [0.3, 0.4) is 0 Å². The minimum absolute atomic E-state index is 0.0184. The van der Waals surface area contributed by atoms with Crippen LogP contribution >= 0.6 is 0 Å². The van der Waals surface area contributed by atoms with Crippen molar-refractivity contribution in [1.82, 2.24) is 9.88 Å². The van der Waals surface area contributed by atoms with Gasteiger partial charge in [-0.2, -0.15) is 5.26 Å². The Bertz CT molecular complexity index is 838. The van der Waals surface area contributed by atoms with Crippen LogP contribution in [0.5, 0.6) is 0 Å². The predicted molar refractivity (Wildman–Crippen MR) is 101 cm³/mol. The Morgan fingerprint density at radius 2 is 1.74 bits per heavy atom. The van der Waals surface area contributed by atoms with Gasteiger partial charge in [0.05, 0.1) is 18.7 Å². The number of rotatable bonds is 4. The highest BCUT2D eigenvalue weighted by molar-refractivity contribution is 5.82. The molecular weight excluding hydrogens is 338 g/mol. The molecule has 1 saturated carbocycles. The Kier molecular flexibility index (Phi) is 4.91. The van der Waals surface area contributed by atoms with Gasteiger partial charge in [-0.1, -0.05) is 37.1 Å². The topological polar surface area (TPSA) is 77.2 Å². The quantitative estimate of drug-likeness (QED) is 0.908. The van der Waals surface area contributed by atoms with E-state index in [2.05, 4.69) is 11.1 Å². The van der Waals surface area contributed by atoms with Gasteiger partial charge in [0.2, 0.25) is 5.91 Å². The van der Waals surface area contributed by atoms with E-state index in [1.54, 1.807) is 17.3 Å². The van der Waals surface area contributed by atoms with Crippen molar-refractivity contribution in [2.45, 2.75) is 43.7 Å². The molecular formula is C22H23N3O2. The molecule has 4 rings (SSSR count). The van der Waals surface area contributed by atoms with Gasteiger partial charge in [-0.25, -0.2) is 0 Å². The Labute approximate surface area is 159 Å². The second kappa shape index (κ2) is 7.50. The van der Waals surface area contributed by atoms with Gasteiger partial charge in [-0.15, -0.1) is 0 Å². The van der Waals surface area contributed by atoms with Crippen molar-refractivity contribution in [3.8, 4) is 17.2 Å². The van der Waals surface area contributed by atoms with Gasteiger partial charge >= 0.3 is 0 Å². The Balaban J connectivity index is 1.56. The number of aromatic nitrogens is 1. The summed E-state index contributed by atoms with van der Waals surface area (Å²) >= 11 is 0. The summed E-state index contributed by atoms with van der Waals surface area (Å²) < 4.78 is 0. The van der Waals surface area contributed by atoms with Gasteiger partial charge in [0, 0.05) is 24.2 Å². The summed E-state index contributed by atoms with van der Waals surface area (Å²) in [4.78, 5) is 18.5. The molecule has 0 radical (unpaired) electrons. The van der Waals surface area contributed by atoms with Gasteiger partial charge in [0.1, 0.15) is 6.04 Å². The molecule has 5 nitrogen and oxygen atoms in total. The molecule has 27 heavy (non-hydrogen) atoms. The molecule has 2 fully saturated rings. The van der Waals surface area contributed by atoms with E-state index >= 15 is 0 Å². The molecule has 1 saturated heterocycles. The third-order valence-electron chi connectivity index (χ3n) is 6.00. The van der Waals surface area contributed by atoms with Crippen molar-refractivity contribution in [1.29, 1.82) is 5.26 Å². The third-order valence-corrected chi connectivity index (χ3v) is 6.00. The summed E-state index contributed by atoms with van der Waals surface area (Å²) in [5.74, 6) is -0.0792. The molecule has 1 N–H and O–H groups in total. The highest BCUT2D eigenvalue weighted by Crippen LogP contribution is 2.43. The van der Waals surface area contributed by atoms with Gasteiger partial charge in [0.15, 0.2) is 0 Å². The summed E-state index contributed by atoms with van der Waals surface area (Å²) in [5.41, 5.74) is 3.15. The Hall–Kier alpha value is -2.71. The fraction of sp³-hybridized carbons (Fsp3) is 0.409. The number of benzene rings is 1. The van der Waals surface area contributed by atoms with E-state index in [0.717, 1.165) is 42.4 Å². The summed E-state index contributed by atoms with van der Waals surface area (Å²) in [6.07, 6.45) is 7.47. The number of likely N-dealkylation sites (tertiary alicyclic amines) is 1. The van der Waals surface area contributed by atoms with E-state index in [1.165, 1.54) is 0 Å². The summed E-state index contributed by atoms with van der Waals surface area (Å²) in [5, 5.41) is 19.6. The van der Waals surface area contributed by atoms with E-state index in [0.29, 0.717) is 0 Å². The summed E-state index contributed by atoms with van der Waals surface area (Å²) in [6, 6.07) is 13.5. The predicted octanol–water partition coefficient (Wildman–Crippen LogP) is 3.12. The largest absolute Gasteiger partial charge is 0.394 e. The number of nitriles is 1. The number of aliphatic hydroxyl groups excluding tert-OH is 1. The minimum Gasteiger partial charge on any atom is -0.394 e. The lowest BCUT2D eigenvalue weighted by molar-refractivity contribution is -0.151. The lowest BCUT2D eigenvalue weighted by Gasteiger charge is -2.52. The summed E-state index contributed by atoms with van der Waals surface area (Å²) in [7, 11) is 0. The van der Waals surface area contributed by atoms with E-state index in [9.17, 15) is 15.2 Å². The lowest BCUT2D eigenvalue weighted by atomic mass is 9.74. The molecule has 3 atom stereocenters.